The lowest BCUT2D eigenvalue weighted by Crippen LogP contribution is -2.06. The number of hydrogen-bond acceptors (Lipinski definition) is 1. The van der Waals surface area contributed by atoms with E-state index in [0.29, 0.717) is 5.88 Å². The van der Waals surface area contributed by atoms with Crippen LogP contribution in [0.2, 0.25) is 0 Å². The Hall–Kier alpha value is -1.13. The summed E-state index contributed by atoms with van der Waals surface area (Å²) in [5.41, 5.74) is 0.891. The summed E-state index contributed by atoms with van der Waals surface area (Å²) in [6.45, 7) is 3.98. The van der Waals surface area contributed by atoms with Gasteiger partial charge in [-0.05, 0) is 26.0 Å². The van der Waals surface area contributed by atoms with Crippen LogP contribution >= 0.6 is 11.6 Å². The molecule has 1 aromatic rings. The molecule has 0 saturated carbocycles. The molecule has 0 unspecified atom stereocenters. The second-order valence-electron chi connectivity index (χ2n) is 3.10. The first-order chi connectivity index (χ1) is 6.74. The summed E-state index contributed by atoms with van der Waals surface area (Å²) in [5, 5.41) is 0. The van der Waals surface area contributed by atoms with Crippen molar-refractivity contribution < 1.29 is 4.74 Å². The van der Waals surface area contributed by atoms with Gasteiger partial charge in [-0.1, -0.05) is 24.0 Å². The van der Waals surface area contributed by atoms with E-state index < -0.39 is 0 Å². The van der Waals surface area contributed by atoms with Crippen molar-refractivity contribution in [2.75, 3.05) is 5.88 Å². The van der Waals surface area contributed by atoms with Crippen LogP contribution in [0.4, 0.5) is 0 Å². The van der Waals surface area contributed by atoms with Gasteiger partial charge in [-0.15, -0.1) is 11.6 Å². The summed E-state index contributed by atoms with van der Waals surface area (Å²) >= 11 is 5.50. The van der Waals surface area contributed by atoms with Crippen molar-refractivity contribution in [1.29, 1.82) is 0 Å². The van der Waals surface area contributed by atoms with E-state index in [1.807, 2.05) is 38.1 Å². The molecule has 0 fully saturated rings. The minimum Gasteiger partial charge on any atom is -0.490 e. The van der Waals surface area contributed by atoms with Crippen LogP contribution in [-0.4, -0.2) is 12.0 Å². The molecule has 1 rings (SSSR count). The van der Waals surface area contributed by atoms with Crippen LogP contribution in [0.25, 0.3) is 0 Å². The van der Waals surface area contributed by atoms with Crippen LogP contribution in [0.1, 0.15) is 19.4 Å². The Labute approximate surface area is 90.0 Å². The largest absolute Gasteiger partial charge is 0.490 e. The first kappa shape index (κ1) is 10.9. The topological polar surface area (TPSA) is 9.23 Å². The van der Waals surface area contributed by atoms with Crippen LogP contribution in [0, 0.1) is 11.8 Å². The molecule has 74 valence electrons. The van der Waals surface area contributed by atoms with Crippen molar-refractivity contribution in [3.63, 3.8) is 0 Å². The molecule has 0 spiro atoms. The maximum absolute atomic E-state index is 5.60. The van der Waals surface area contributed by atoms with E-state index in [0.717, 1.165) is 11.3 Å². The molecule has 0 radical (unpaired) electrons. The highest BCUT2D eigenvalue weighted by molar-refractivity contribution is 6.19. The highest BCUT2D eigenvalue weighted by Gasteiger charge is 2.01. The number of rotatable bonds is 2. The van der Waals surface area contributed by atoms with Crippen molar-refractivity contribution in [2.45, 2.75) is 20.0 Å². The molecular weight excluding hydrogens is 196 g/mol. The Morgan fingerprint density at radius 2 is 2.07 bits per heavy atom. The van der Waals surface area contributed by atoms with Gasteiger partial charge in [0.25, 0.3) is 0 Å². The Morgan fingerprint density at radius 1 is 1.36 bits per heavy atom. The first-order valence-corrected chi connectivity index (χ1v) is 5.08. The summed E-state index contributed by atoms with van der Waals surface area (Å²) in [5.74, 6) is 6.94. The van der Waals surface area contributed by atoms with E-state index in [9.17, 15) is 0 Å². The molecule has 0 aliphatic heterocycles. The molecule has 1 nitrogen and oxygen atoms in total. The Balaban J connectivity index is 2.91. The molecule has 14 heavy (non-hydrogen) atoms. The number of alkyl halides is 1. The lowest BCUT2D eigenvalue weighted by molar-refractivity contribution is 0.242. The summed E-state index contributed by atoms with van der Waals surface area (Å²) in [6.07, 6.45) is 0.161. The lowest BCUT2D eigenvalue weighted by atomic mass is 10.2. The molecule has 0 aromatic heterocycles. The van der Waals surface area contributed by atoms with Gasteiger partial charge in [-0.2, -0.15) is 0 Å². The minimum atomic E-state index is 0.161. The standard InChI is InChI=1S/C12H13ClO/c1-10(2)14-12-8-4-3-6-11(12)7-5-9-13/h3-4,6,8,10H,9H2,1-2H3. The monoisotopic (exact) mass is 208 g/mol. The zero-order valence-corrected chi connectivity index (χ0v) is 9.14. The zero-order valence-electron chi connectivity index (χ0n) is 8.38. The SMILES string of the molecule is CC(C)Oc1ccccc1C#CCCl. The maximum atomic E-state index is 5.60. The van der Waals surface area contributed by atoms with Gasteiger partial charge in [0.1, 0.15) is 5.75 Å². The van der Waals surface area contributed by atoms with Crippen LogP contribution in [0.15, 0.2) is 24.3 Å². The van der Waals surface area contributed by atoms with Gasteiger partial charge in [0, 0.05) is 0 Å². The molecule has 0 N–H and O–H groups in total. The summed E-state index contributed by atoms with van der Waals surface area (Å²) in [6, 6.07) is 7.71. The van der Waals surface area contributed by atoms with Crippen molar-refractivity contribution in [1.82, 2.24) is 0 Å². The predicted molar refractivity (Wildman–Crippen MR) is 59.8 cm³/mol. The van der Waals surface area contributed by atoms with E-state index in [1.54, 1.807) is 0 Å². The van der Waals surface area contributed by atoms with Crippen LogP contribution in [-0.2, 0) is 0 Å². The average Bonchev–Trinajstić information content (AvgIpc) is 2.16. The molecule has 1 aromatic carbocycles. The Kier molecular flexibility index (Phi) is 4.35. The third-order valence-corrected chi connectivity index (χ3v) is 1.67. The predicted octanol–water partition coefficient (Wildman–Crippen LogP) is 3.06. The third-order valence-electron chi connectivity index (χ3n) is 1.54. The van der Waals surface area contributed by atoms with Gasteiger partial charge in [0.05, 0.1) is 17.5 Å². The molecule has 0 saturated heterocycles. The van der Waals surface area contributed by atoms with E-state index in [2.05, 4.69) is 11.8 Å². The summed E-state index contributed by atoms with van der Waals surface area (Å²) in [7, 11) is 0. The molecule has 0 aliphatic rings. The molecule has 2 heteroatoms. The maximum Gasteiger partial charge on any atom is 0.135 e. The highest BCUT2D eigenvalue weighted by atomic mass is 35.5. The van der Waals surface area contributed by atoms with E-state index in [-0.39, 0.29) is 6.10 Å². The lowest BCUT2D eigenvalue weighted by Gasteiger charge is -2.10. The molecule has 0 amide bonds. The van der Waals surface area contributed by atoms with Crippen molar-refractivity contribution in [3.05, 3.63) is 29.8 Å². The molecule has 0 bridgehead atoms. The minimum absolute atomic E-state index is 0.161. The van der Waals surface area contributed by atoms with Crippen LogP contribution in [0.5, 0.6) is 5.75 Å². The fourth-order valence-electron chi connectivity index (χ4n) is 1.06. The van der Waals surface area contributed by atoms with Gasteiger partial charge in [-0.3, -0.25) is 0 Å². The number of benzene rings is 1. The van der Waals surface area contributed by atoms with Gasteiger partial charge >= 0.3 is 0 Å². The normalized spacial score (nSPS) is 9.43. The fraction of sp³-hybridized carbons (Fsp3) is 0.333. The molecule has 0 atom stereocenters. The zero-order chi connectivity index (χ0) is 10.4. The number of para-hydroxylation sites is 1. The quantitative estimate of drug-likeness (QED) is 0.536. The van der Waals surface area contributed by atoms with Crippen molar-refractivity contribution in [3.8, 4) is 17.6 Å². The average molecular weight is 209 g/mol. The van der Waals surface area contributed by atoms with Gasteiger partial charge in [-0.25, -0.2) is 0 Å². The van der Waals surface area contributed by atoms with Gasteiger partial charge < -0.3 is 4.74 Å². The number of halogens is 1. The highest BCUT2D eigenvalue weighted by Crippen LogP contribution is 2.17. The fourth-order valence-corrected chi connectivity index (χ4v) is 1.12. The molecular formula is C12H13ClO. The Morgan fingerprint density at radius 3 is 2.71 bits per heavy atom. The van der Waals surface area contributed by atoms with Crippen molar-refractivity contribution >= 4 is 11.6 Å². The van der Waals surface area contributed by atoms with Crippen LogP contribution in [0.3, 0.4) is 0 Å². The van der Waals surface area contributed by atoms with Gasteiger partial charge in [0.15, 0.2) is 0 Å². The summed E-state index contributed by atoms with van der Waals surface area (Å²) in [4.78, 5) is 0. The second-order valence-corrected chi connectivity index (χ2v) is 3.37. The smallest absolute Gasteiger partial charge is 0.135 e. The summed E-state index contributed by atoms with van der Waals surface area (Å²) < 4.78 is 5.60. The molecule has 0 heterocycles. The van der Waals surface area contributed by atoms with Crippen LogP contribution < -0.4 is 4.74 Å². The van der Waals surface area contributed by atoms with E-state index >= 15 is 0 Å². The van der Waals surface area contributed by atoms with Gasteiger partial charge in [0.2, 0.25) is 0 Å². The first-order valence-electron chi connectivity index (χ1n) is 4.54. The molecule has 0 aliphatic carbocycles. The number of ether oxygens (including phenoxy) is 1. The van der Waals surface area contributed by atoms with E-state index in [4.69, 9.17) is 16.3 Å². The Bertz CT molecular complexity index is 347. The van der Waals surface area contributed by atoms with E-state index in [1.165, 1.54) is 0 Å². The third kappa shape index (κ3) is 3.32. The van der Waals surface area contributed by atoms with Crippen molar-refractivity contribution in [2.24, 2.45) is 0 Å². The second kappa shape index (κ2) is 5.57. The number of hydrogen-bond donors (Lipinski definition) is 0.